The molecule has 0 unspecified atom stereocenters. The Morgan fingerprint density at radius 3 is 2.42 bits per heavy atom. The normalized spacial score (nSPS) is 16.2. The molecule has 1 aliphatic heterocycles. The summed E-state index contributed by atoms with van der Waals surface area (Å²) in [6.45, 7) is 3.27. The third-order valence-electron chi connectivity index (χ3n) is 6.07. The number of anilines is 1. The summed E-state index contributed by atoms with van der Waals surface area (Å²) in [5, 5.41) is 0. The highest BCUT2D eigenvalue weighted by atomic mass is 32.2. The topological polar surface area (TPSA) is 115 Å². The molecule has 2 heterocycles. The molecule has 0 aliphatic carbocycles. The number of aromatic nitrogens is 2. The maximum Gasteiger partial charge on any atom is 0.264 e. The number of benzene rings is 2. The number of sulfone groups is 1. The van der Waals surface area contributed by atoms with Gasteiger partial charge in [0.05, 0.1) is 17.3 Å². The predicted molar refractivity (Wildman–Crippen MR) is 135 cm³/mol. The van der Waals surface area contributed by atoms with Gasteiger partial charge in [-0.15, -0.1) is 0 Å². The van der Waals surface area contributed by atoms with Crippen LogP contribution in [0.5, 0.6) is 5.75 Å². The van der Waals surface area contributed by atoms with Gasteiger partial charge in [-0.25, -0.2) is 35.9 Å². The summed E-state index contributed by atoms with van der Waals surface area (Å²) >= 11 is 0. The van der Waals surface area contributed by atoms with E-state index in [1.807, 2.05) is 6.07 Å². The summed E-state index contributed by atoms with van der Waals surface area (Å²) in [6.07, 6.45) is 4.90. The number of rotatable bonds is 8. The van der Waals surface area contributed by atoms with Gasteiger partial charge < -0.3 is 4.74 Å². The zero-order valence-corrected chi connectivity index (χ0v) is 21.9. The summed E-state index contributed by atoms with van der Waals surface area (Å²) < 4.78 is 72.3. The SMILES string of the molecule is CC(C)(F)c1ccc([C@H]2CCOc3cc(S(=O)(=O)Nc4ncccn4)ccc32)c(CCS(C)(=O)=O)c1. The van der Waals surface area contributed by atoms with Crippen LogP contribution in [-0.2, 0) is 32.0 Å². The second-order valence-electron chi connectivity index (χ2n) is 9.33. The molecule has 192 valence electrons. The lowest BCUT2D eigenvalue weighted by Gasteiger charge is -2.29. The van der Waals surface area contributed by atoms with E-state index in [0.29, 0.717) is 24.3 Å². The Morgan fingerprint density at radius 1 is 1.06 bits per heavy atom. The Balaban J connectivity index is 1.71. The van der Waals surface area contributed by atoms with Crippen LogP contribution >= 0.6 is 0 Å². The van der Waals surface area contributed by atoms with E-state index in [4.69, 9.17) is 4.74 Å². The van der Waals surface area contributed by atoms with Crippen molar-refractivity contribution in [2.24, 2.45) is 0 Å². The van der Waals surface area contributed by atoms with Gasteiger partial charge in [0.2, 0.25) is 5.95 Å². The molecule has 3 aromatic rings. The fourth-order valence-corrected chi connectivity index (χ4v) is 5.78. The molecule has 0 fully saturated rings. The van der Waals surface area contributed by atoms with Gasteiger partial charge in [0, 0.05) is 36.2 Å². The number of ether oxygens (including phenoxy) is 1. The first-order valence-corrected chi connectivity index (χ1v) is 14.9. The standard InChI is InChI=1S/C25H28FN3O5S2/c1-25(2,26)18-5-7-20(17(15-18)10-14-35(3,30)31)21-9-13-34-23-16-19(6-8-22(21)23)36(32,33)29-24-27-11-4-12-28-24/h4-8,11-12,15-16,21H,9-10,13-14H2,1-3H3,(H,27,28,29)/t21-/m1/s1. The molecule has 1 aromatic heterocycles. The van der Waals surface area contributed by atoms with E-state index in [2.05, 4.69) is 14.7 Å². The second kappa shape index (κ2) is 9.78. The summed E-state index contributed by atoms with van der Waals surface area (Å²) in [5.41, 5.74) is 1.30. The van der Waals surface area contributed by atoms with Crippen molar-refractivity contribution in [3.05, 3.63) is 77.1 Å². The first-order valence-electron chi connectivity index (χ1n) is 11.4. The van der Waals surface area contributed by atoms with E-state index in [9.17, 15) is 21.2 Å². The number of nitrogens with one attached hydrogen (secondary N) is 1. The van der Waals surface area contributed by atoms with Crippen LogP contribution in [0.25, 0.3) is 0 Å². The van der Waals surface area contributed by atoms with Crippen molar-refractivity contribution in [2.45, 2.75) is 43.2 Å². The smallest absolute Gasteiger partial charge is 0.264 e. The molecular formula is C25H28FN3O5S2. The molecule has 1 aliphatic rings. The maximum atomic E-state index is 14.7. The number of aryl methyl sites for hydroxylation is 1. The van der Waals surface area contributed by atoms with E-state index in [1.54, 1.807) is 24.3 Å². The van der Waals surface area contributed by atoms with Gasteiger partial charge in [-0.2, -0.15) is 0 Å². The van der Waals surface area contributed by atoms with Crippen LogP contribution in [0.15, 0.2) is 59.8 Å². The van der Waals surface area contributed by atoms with E-state index in [1.165, 1.54) is 44.6 Å². The van der Waals surface area contributed by atoms with Crippen molar-refractivity contribution in [3.8, 4) is 5.75 Å². The molecule has 0 spiro atoms. The molecule has 1 atom stereocenters. The summed E-state index contributed by atoms with van der Waals surface area (Å²) in [6, 6.07) is 11.5. The molecule has 8 nitrogen and oxygen atoms in total. The third kappa shape index (κ3) is 6.01. The zero-order chi connectivity index (χ0) is 26.1. The molecule has 0 radical (unpaired) electrons. The quantitative estimate of drug-likeness (QED) is 0.466. The second-order valence-corrected chi connectivity index (χ2v) is 13.3. The molecule has 1 N–H and O–H groups in total. The molecule has 11 heteroatoms. The Bertz CT molecular complexity index is 1470. The number of fused-ring (bicyclic) bond motifs is 1. The van der Waals surface area contributed by atoms with Crippen molar-refractivity contribution >= 4 is 25.8 Å². The first-order chi connectivity index (χ1) is 16.8. The third-order valence-corrected chi connectivity index (χ3v) is 8.34. The van der Waals surface area contributed by atoms with Crippen molar-refractivity contribution in [3.63, 3.8) is 0 Å². The summed E-state index contributed by atoms with van der Waals surface area (Å²) in [5.74, 6) is 0.158. The van der Waals surface area contributed by atoms with Crippen LogP contribution in [0.2, 0.25) is 0 Å². The highest BCUT2D eigenvalue weighted by Gasteiger charge is 2.29. The molecule has 0 bridgehead atoms. The Morgan fingerprint density at radius 2 is 1.75 bits per heavy atom. The minimum atomic E-state index is -3.95. The van der Waals surface area contributed by atoms with Gasteiger partial charge in [-0.3, -0.25) is 0 Å². The van der Waals surface area contributed by atoms with Crippen LogP contribution in [0.1, 0.15) is 48.4 Å². The molecule has 0 saturated heterocycles. The largest absolute Gasteiger partial charge is 0.493 e. The van der Waals surface area contributed by atoms with Gasteiger partial charge in [-0.05, 0) is 55.5 Å². The minimum Gasteiger partial charge on any atom is -0.493 e. The number of halogens is 1. The summed E-state index contributed by atoms with van der Waals surface area (Å²) in [4.78, 5) is 7.79. The highest BCUT2D eigenvalue weighted by Crippen LogP contribution is 2.41. The first kappa shape index (κ1) is 26.0. The Kier molecular flexibility index (Phi) is 7.07. The van der Waals surface area contributed by atoms with E-state index in [0.717, 1.165) is 16.7 Å². The number of hydrogen-bond acceptors (Lipinski definition) is 7. The molecule has 36 heavy (non-hydrogen) atoms. The molecule has 0 amide bonds. The molecule has 4 rings (SSSR count). The maximum absolute atomic E-state index is 14.7. The average molecular weight is 534 g/mol. The lowest BCUT2D eigenvalue weighted by Crippen LogP contribution is -2.20. The fourth-order valence-electron chi connectivity index (χ4n) is 4.22. The van der Waals surface area contributed by atoms with Crippen LogP contribution in [0.4, 0.5) is 10.3 Å². The van der Waals surface area contributed by atoms with Crippen molar-refractivity contribution < 1.29 is 26.0 Å². The predicted octanol–water partition coefficient (Wildman–Crippen LogP) is 3.98. The monoisotopic (exact) mass is 533 g/mol. The highest BCUT2D eigenvalue weighted by molar-refractivity contribution is 7.92. The van der Waals surface area contributed by atoms with Crippen LogP contribution < -0.4 is 9.46 Å². The van der Waals surface area contributed by atoms with E-state index < -0.39 is 25.5 Å². The van der Waals surface area contributed by atoms with E-state index >= 15 is 0 Å². The molecular weight excluding hydrogens is 505 g/mol. The van der Waals surface area contributed by atoms with Crippen molar-refractivity contribution in [1.29, 1.82) is 0 Å². The fraction of sp³-hybridized carbons (Fsp3) is 0.360. The Labute approximate surface area is 210 Å². The van der Waals surface area contributed by atoms with Gasteiger partial charge in [0.15, 0.2) is 0 Å². The van der Waals surface area contributed by atoms with Crippen LogP contribution in [0, 0.1) is 0 Å². The van der Waals surface area contributed by atoms with Crippen LogP contribution in [0.3, 0.4) is 0 Å². The lowest BCUT2D eigenvalue weighted by molar-refractivity contribution is 0.221. The number of sulfonamides is 1. The average Bonchev–Trinajstić information content (AvgIpc) is 2.81. The van der Waals surface area contributed by atoms with Crippen molar-refractivity contribution in [1.82, 2.24) is 9.97 Å². The Hall–Kier alpha value is -3.05. The van der Waals surface area contributed by atoms with Gasteiger partial charge in [-0.1, -0.05) is 24.3 Å². The number of hydrogen-bond donors (Lipinski definition) is 1. The van der Waals surface area contributed by atoms with E-state index in [-0.39, 0.29) is 28.9 Å². The number of alkyl halides is 1. The van der Waals surface area contributed by atoms with Crippen LogP contribution in [-0.4, -0.2) is 45.4 Å². The zero-order valence-electron chi connectivity index (χ0n) is 20.2. The van der Waals surface area contributed by atoms with Gasteiger partial charge in [0.1, 0.15) is 21.3 Å². The van der Waals surface area contributed by atoms with Gasteiger partial charge >= 0.3 is 0 Å². The molecule has 0 saturated carbocycles. The lowest BCUT2D eigenvalue weighted by atomic mass is 9.82. The minimum absolute atomic E-state index is 0.00109. The van der Waals surface area contributed by atoms with Crippen molar-refractivity contribution in [2.75, 3.05) is 23.3 Å². The summed E-state index contributed by atoms with van der Waals surface area (Å²) in [7, 11) is -7.18. The van der Waals surface area contributed by atoms with Gasteiger partial charge in [0.25, 0.3) is 10.0 Å². The molecule has 2 aromatic carbocycles. The number of nitrogens with zero attached hydrogens (tertiary/aromatic N) is 2.